The van der Waals surface area contributed by atoms with Gasteiger partial charge in [-0.1, -0.05) is 30.3 Å². The van der Waals surface area contributed by atoms with E-state index in [9.17, 15) is 0 Å². The molecular weight excluding hydrogens is 256 g/mol. The number of benzene rings is 1. The Morgan fingerprint density at radius 1 is 1.32 bits per heavy atom. The Morgan fingerprint density at radius 3 is 2.58 bits per heavy atom. The van der Waals surface area contributed by atoms with E-state index in [-0.39, 0.29) is 0 Å². The number of nitrogens with zero attached hydrogens (tertiary/aromatic N) is 3. The van der Waals surface area contributed by atoms with Gasteiger partial charge in [0.1, 0.15) is 0 Å². The van der Waals surface area contributed by atoms with Gasteiger partial charge >= 0.3 is 0 Å². The average molecular weight is 276 g/mol. The van der Waals surface area contributed by atoms with Gasteiger partial charge in [-0.25, -0.2) is 5.10 Å². The second-order valence-corrected chi connectivity index (χ2v) is 5.17. The van der Waals surface area contributed by atoms with E-state index in [1.807, 2.05) is 10.6 Å². The fraction of sp³-hybridized carbons (Fsp3) is 0.429. The lowest BCUT2D eigenvalue weighted by atomic mass is 10.2. The maximum Gasteiger partial charge on any atom is 0.226 e. The van der Waals surface area contributed by atoms with Crippen LogP contribution in [0.4, 0.5) is 5.95 Å². The number of H-pyrrole nitrogens is 1. The summed E-state index contributed by atoms with van der Waals surface area (Å²) in [5.41, 5.74) is 1.27. The quantitative estimate of drug-likeness (QED) is 0.851. The second kappa shape index (κ2) is 6.02. The molecule has 4 nitrogen and oxygen atoms in total. The van der Waals surface area contributed by atoms with Gasteiger partial charge in [-0.15, -0.1) is 5.10 Å². The van der Waals surface area contributed by atoms with Gasteiger partial charge in [0, 0.05) is 19.1 Å². The van der Waals surface area contributed by atoms with E-state index in [0.29, 0.717) is 10.8 Å². The van der Waals surface area contributed by atoms with E-state index in [4.69, 9.17) is 12.2 Å². The van der Waals surface area contributed by atoms with E-state index in [1.165, 1.54) is 5.56 Å². The van der Waals surface area contributed by atoms with Crippen molar-refractivity contribution in [3.05, 3.63) is 40.7 Å². The molecule has 1 heterocycles. The number of aromatic nitrogens is 3. The topological polar surface area (TPSA) is 36.9 Å². The smallest absolute Gasteiger partial charge is 0.226 e. The minimum atomic E-state index is 0.357. The molecule has 2 rings (SSSR count). The summed E-state index contributed by atoms with van der Waals surface area (Å²) in [4.78, 5) is 2.26. The number of hydrogen-bond acceptors (Lipinski definition) is 3. The molecule has 0 atom stereocenters. The molecule has 0 radical (unpaired) electrons. The molecule has 1 aromatic carbocycles. The molecule has 1 aromatic heterocycles. The van der Waals surface area contributed by atoms with Gasteiger partial charge in [-0.3, -0.25) is 4.57 Å². The molecule has 19 heavy (non-hydrogen) atoms. The lowest BCUT2D eigenvalue weighted by Gasteiger charge is -2.27. The summed E-state index contributed by atoms with van der Waals surface area (Å²) >= 11 is 5.26. The van der Waals surface area contributed by atoms with E-state index in [2.05, 4.69) is 60.1 Å². The number of aromatic amines is 1. The van der Waals surface area contributed by atoms with Crippen LogP contribution in [-0.2, 0) is 13.1 Å². The summed E-state index contributed by atoms with van der Waals surface area (Å²) in [6.07, 6.45) is 0. The van der Waals surface area contributed by atoms with Crippen molar-refractivity contribution in [2.24, 2.45) is 0 Å². The third kappa shape index (κ3) is 3.04. The van der Waals surface area contributed by atoms with Crippen LogP contribution >= 0.6 is 12.2 Å². The molecule has 0 saturated carbocycles. The van der Waals surface area contributed by atoms with Gasteiger partial charge in [0.2, 0.25) is 5.95 Å². The largest absolute Gasteiger partial charge is 0.334 e. The normalized spacial score (nSPS) is 10.9. The maximum absolute atomic E-state index is 5.26. The summed E-state index contributed by atoms with van der Waals surface area (Å²) in [5, 5.41) is 7.26. The van der Waals surface area contributed by atoms with Gasteiger partial charge in [0.25, 0.3) is 0 Å². The van der Waals surface area contributed by atoms with E-state index in [0.717, 1.165) is 19.0 Å². The monoisotopic (exact) mass is 276 g/mol. The highest BCUT2D eigenvalue weighted by atomic mass is 32.1. The van der Waals surface area contributed by atoms with Crippen LogP contribution in [0.2, 0.25) is 0 Å². The summed E-state index contributed by atoms with van der Waals surface area (Å²) in [6, 6.07) is 10.8. The Morgan fingerprint density at radius 2 is 2.00 bits per heavy atom. The molecule has 0 saturated heterocycles. The predicted octanol–water partition coefficient (Wildman–Crippen LogP) is 3.38. The van der Waals surface area contributed by atoms with Crippen LogP contribution in [-0.4, -0.2) is 20.8 Å². The van der Waals surface area contributed by atoms with E-state index >= 15 is 0 Å². The van der Waals surface area contributed by atoms with Crippen LogP contribution in [0.15, 0.2) is 30.3 Å². The first kappa shape index (κ1) is 13.8. The minimum absolute atomic E-state index is 0.357. The van der Waals surface area contributed by atoms with Gasteiger partial charge in [0.05, 0.1) is 0 Å². The highest BCUT2D eigenvalue weighted by Crippen LogP contribution is 2.18. The van der Waals surface area contributed by atoms with Crippen molar-refractivity contribution >= 4 is 18.2 Å². The van der Waals surface area contributed by atoms with Crippen LogP contribution in [0, 0.1) is 4.77 Å². The van der Waals surface area contributed by atoms with E-state index in [1.54, 1.807) is 0 Å². The third-order valence-electron chi connectivity index (χ3n) is 3.13. The number of anilines is 1. The SMILES string of the molecule is CCn1c(N(Cc2ccccc2)C(C)C)n[nH]c1=S. The standard InChI is InChI=1S/C14H20N4S/c1-4-17-13(15-16-14(17)19)18(11(2)3)10-12-8-6-5-7-9-12/h5-9,11H,4,10H2,1-3H3,(H,16,19). The zero-order valence-corrected chi connectivity index (χ0v) is 12.4. The third-order valence-corrected chi connectivity index (χ3v) is 3.44. The molecule has 0 aliphatic rings. The number of rotatable bonds is 5. The van der Waals surface area contributed by atoms with Gasteiger partial charge < -0.3 is 4.90 Å². The first-order chi connectivity index (χ1) is 9.13. The minimum Gasteiger partial charge on any atom is -0.334 e. The summed E-state index contributed by atoms with van der Waals surface area (Å²) in [7, 11) is 0. The first-order valence-corrected chi connectivity index (χ1v) is 7.00. The summed E-state index contributed by atoms with van der Waals surface area (Å²) in [5.74, 6) is 0.909. The van der Waals surface area contributed by atoms with Crippen molar-refractivity contribution in [3.8, 4) is 0 Å². The first-order valence-electron chi connectivity index (χ1n) is 6.59. The Hall–Kier alpha value is -1.62. The van der Waals surface area contributed by atoms with Crippen molar-refractivity contribution in [1.29, 1.82) is 0 Å². The molecular formula is C14H20N4S. The Labute approximate surface area is 119 Å². The van der Waals surface area contributed by atoms with Crippen LogP contribution in [0.5, 0.6) is 0 Å². The van der Waals surface area contributed by atoms with Crippen LogP contribution < -0.4 is 4.90 Å². The fourth-order valence-electron chi connectivity index (χ4n) is 2.08. The van der Waals surface area contributed by atoms with Crippen molar-refractivity contribution < 1.29 is 0 Å². The molecule has 102 valence electrons. The van der Waals surface area contributed by atoms with Gasteiger partial charge in [-0.2, -0.15) is 0 Å². The zero-order valence-electron chi connectivity index (χ0n) is 11.6. The Balaban J connectivity index is 2.33. The molecule has 2 aromatic rings. The Kier molecular flexibility index (Phi) is 4.37. The molecule has 0 bridgehead atoms. The van der Waals surface area contributed by atoms with Crippen LogP contribution in [0.25, 0.3) is 0 Å². The van der Waals surface area contributed by atoms with Crippen molar-refractivity contribution in [2.45, 2.75) is 39.9 Å². The summed E-state index contributed by atoms with van der Waals surface area (Å²) < 4.78 is 2.70. The van der Waals surface area contributed by atoms with Crippen LogP contribution in [0.1, 0.15) is 26.3 Å². The molecule has 0 spiro atoms. The molecule has 5 heteroatoms. The second-order valence-electron chi connectivity index (χ2n) is 4.78. The molecule has 0 fully saturated rings. The predicted molar refractivity (Wildman–Crippen MR) is 80.8 cm³/mol. The zero-order chi connectivity index (χ0) is 13.8. The van der Waals surface area contributed by atoms with Crippen molar-refractivity contribution in [1.82, 2.24) is 14.8 Å². The average Bonchev–Trinajstić information content (AvgIpc) is 2.77. The van der Waals surface area contributed by atoms with Crippen molar-refractivity contribution in [3.63, 3.8) is 0 Å². The van der Waals surface area contributed by atoms with E-state index < -0.39 is 0 Å². The number of hydrogen-bond donors (Lipinski definition) is 1. The molecule has 1 N–H and O–H groups in total. The lowest BCUT2D eigenvalue weighted by Crippen LogP contribution is -2.32. The Bertz CT molecular complexity index is 571. The lowest BCUT2D eigenvalue weighted by molar-refractivity contribution is 0.624. The van der Waals surface area contributed by atoms with Gasteiger partial charge in [0.15, 0.2) is 4.77 Å². The van der Waals surface area contributed by atoms with Crippen LogP contribution in [0.3, 0.4) is 0 Å². The number of nitrogens with one attached hydrogen (secondary N) is 1. The molecule has 0 aliphatic heterocycles. The fourth-order valence-corrected chi connectivity index (χ4v) is 2.33. The molecule has 0 aliphatic carbocycles. The highest BCUT2D eigenvalue weighted by Gasteiger charge is 2.17. The maximum atomic E-state index is 5.26. The van der Waals surface area contributed by atoms with Gasteiger partial charge in [-0.05, 0) is 38.6 Å². The highest BCUT2D eigenvalue weighted by molar-refractivity contribution is 7.71. The molecule has 0 amide bonds. The molecule has 0 unspecified atom stereocenters. The van der Waals surface area contributed by atoms with Crippen molar-refractivity contribution in [2.75, 3.05) is 4.90 Å². The summed E-state index contributed by atoms with van der Waals surface area (Å²) in [6.45, 7) is 8.07.